The van der Waals surface area contributed by atoms with Crippen molar-refractivity contribution in [3.05, 3.63) is 35.9 Å². The van der Waals surface area contributed by atoms with Crippen LogP contribution in [0.1, 0.15) is 75.2 Å². The van der Waals surface area contributed by atoms with Crippen LogP contribution in [0, 0.1) is 29.1 Å². The zero-order valence-electron chi connectivity index (χ0n) is 32.8. The molecule has 1 unspecified atom stereocenters. The molecule has 1 fully saturated rings. The van der Waals surface area contributed by atoms with Crippen molar-refractivity contribution in [3.63, 3.8) is 0 Å². The van der Waals surface area contributed by atoms with E-state index in [4.69, 9.17) is 10.5 Å². The molecule has 0 spiro atoms. The zero-order valence-corrected chi connectivity index (χ0v) is 33.6. The second-order valence-corrected chi connectivity index (χ2v) is 17.3. The van der Waals surface area contributed by atoms with Gasteiger partial charge in [-0.2, -0.15) is 0 Å². The lowest BCUT2D eigenvalue weighted by Gasteiger charge is -2.50. The van der Waals surface area contributed by atoms with Gasteiger partial charge < -0.3 is 26.0 Å². The molecule has 1 aliphatic rings. The van der Waals surface area contributed by atoms with Crippen LogP contribution in [0.2, 0.25) is 0 Å². The lowest BCUT2D eigenvalue weighted by Crippen LogP contribution is -2.71. The summed E-state index contributed by atoms with van der Waals surface area (Å²) < 4.78 is 33.9. The summed E-state index contributed by atoms with van der Waals surface area (Å²) in [6.45, 7) is 17.2. The molecule has 0 aromatic heterocycles. The van der Waals surface area contributed by atoms with Gasteiger partial charge in [-0.05, 0) is 75.4 Å². The minimum absolute atomic E-state index is 0.0400. The second kappa shape index (κ2) is 17.4. The van der Waals surface area contributed by atoms with Crippen molar-refractivity contribution in [2.75, 3.05) is 40.5 Å². The van der Waals surface area contributed by atoms with Gasteiger partial charge in [-0.15, -0.1) is 0 Å². The summed E-state index contributed by atoms with van der Waals surface area (Å²) in [7, 11) is 2.45. The molecule has 4 amide bonds. The standard InChI is InChI=1S/C37H62N6O7S/c1-22(2)28(37(35(47)39-10,36(7,8)9)40-33(45)30(23(3)4)42(11)12)21-24(5)34(46)43-20-14-15-29(43)31(50-13)25(6)32(44)41-51(48,49)27-18-16-26(38)17-19-27/h16-19,21-23,25,28-31H,14-15,20,38H2,1-13H3,(H,39,47)(H,40,45)(H,41,44)/b24-21+/t25-,28-,29+,30+,31-,37?/m1/s1. The molecule has 5 N–H and O–H groups in total. The maximum absolute atomic E-state index is 14.3. The number of nitrogen functional groups attached to an aromatic ring is 1. The predicted molar refractivity (Wildman–Crippen MR) is 200 cm³/mol. The van der Waals surface area contributed by atoms with Gasteiger partial charge in [0.05, 0.1) is 29.0 Å². The Hall–Kier alpha value is -3.49. The minimum Gasteiger partial charge on any atom is -0.399 e. The van der Waals surface area contributed by atoms with Crippen molar-refractivity contribution < 1.29 is 32.3 Å². The fourth-order valence-electron chi connectivity index (χ4n) is 7.46. The van der Waals surface area contributed by atoms with Gasteiger partial charge in [0.1, 0.15) is 5.54 Å². The molecular weight excluding hydrogens is 673 g/mol. The van der Waals surface area contributed by atoms with Gasteiger partial charge in [-0.25, -0.2) is 13.1 Å². The molecule has 14 heteroatoms. The molecule has 1 saturated heterocycles. The maximum Gasteiger partial charge on any atom is 0.264 e. The molecule has 1 aromatic rings. The Morgan fingerprint density at radius 1 is 1.00 bits per heavy atom. The summed E-state index contributed by atoms with van der Waals surface area (Å²) in [6, 6.07) is 4.46. The van der Waals surface area contributed by atoms with Gasteiger partial charge >= 0.3 is 0 Å². The highest BCUT2D eigenvalue weighted by Crippen LogP contribution is 2.42. The van der Waals surface area contributed by atoms with Gasteiger partial charge in [0.15, 0.2) is 0 Å². The molecule has 1 aromatic carbocycles. The first-order valence-corrected chi connectivity index (χ1v) is 19.1. The van der Waals surface area contributed by atoms with Crippen LogP contribution in [0.15, 0.2) is 40.8 Å². The number of nitrogens with zero attached hydrogens (tertiary/aromatic N) is 2. The second-order valence-electron chi connectivity index (χ2n) is 15.6. The third-order valence-corrected chi connectivity index (χ3v) is 11.4. The number of amides is 4. The van der Waals surface area contributed by atoms with Gasteiger partial charge in [-0.3, -0.25) is 24.1 Å². The highest BCUT2D eigenvalue weighted by Gasteiger charge is 2.56. The number of anilines is 1. The van der Waals surface area contributed by atoms with E-state index >= 15 is 0 Å². The Kier molecular flexibility index (Phi) is 14.9. The number of carbonyl (C=O) groups is 4. The SMILES string of the molecule is CNC(=O)C(NC(=O)[C@H](C(C)C)N(C)C)([C@H](/C=C(\C)C(=O)N1CCC[C@H]1[C@H](OC)[C@@H](C)C(=O)NS(=O)(=O)c1ccc(N)cc1)C(C)C)C(C)(C)C. The van der Waals surface area contributed by atoms with E-state index in [1.165, 1.54) is 38.4 Å². The first kappa shape index (κ1) is 43.7. The molecule has 1 aliphatic heterocycles. The quantitative estimate of drug-likeness (QED) is 0.156. The molecule has 1 heterocycles. The summed E-state index contributed by atoms with van der Waals surface area (Å²) in [6.07, 6.45) is 2.16. The topological polar surface area (TPSA) is 180 Å². The Morgan fingerprint density at radius 3 is 2.02 bits per heavy atom. The first-order chi connectivity index (χ1) is 23.5. The number of carbonyl (C=O) groups excluding carboxylic acids is 4. The van der Waals surface area contributed by atoms with Crippen molar-refractivity contribution in [2.45, 2.75) is 104 Å². The van der Waals surface area contributed by atoms with Crippen LogP contribution >= 0.6 is 0 Å². The van der Waals surface area contributed by atoms with Gasteiger partial charge in [0.25, 0.3) is 10.0 Å². The maximum atomic E-state index is 14.3. The minimum atomic E-state index is -4.18. The molecule has 13 nitrogen and oxygen atoms in total. The van der Waals surface area contributed by atoms with E-state index in [1.54, 1.807) is 24.8 Å². The molecule has 0 saturated carbocycles. The molecule has 6 atom stereocenters. The van der Waals surface area contributed by atoms with E-state index in [1.807, 2.05) is 67.5 Å². The average molecular weight is 735 g/mol. The Bertz CT molecular complexity index is 1530. The number of hydrogen-bond donors (Lipinski definition) is 4. The third-order valence-electron chi connectivity index (χ3n) is 10.1. The summed E-state index contributed by atoms with van der Waals surface area (Å²) >= 11 is 0. The van der Waals surface area contributed by atoms with Crippen molar-refractivity contribution in [1.82, 2.24) is 25.2 Å². The summed E-state index contributed by atoms with van der Waals surface area (Å²) in [5, 5.41) is 5.99. The van der Waals surface area contributed by atoms with E-state index in [9.17, 15) is 27.6 Å². The number of nitrogens with two attached hydrogens (primary N) is 1. The third kappa shape index (κ3) is 9.69. The lowest BCUT2D eigenvalue weighted by molar-refractivity contribution is -0.144. The fraction of sp³-hybridized carbons (Fsp3) is 0.676. The number of nitrogens with one attached hydrogen (secondary N) is 3. The summed E-state index contributed by atoms with van der Waals surface area (Å²) in [5.41, 5.74) is 4.20. The number of hydrogen-bond acceptors (Lipinski definition) is 9. The molecule has 288 valence electrons. The number of likely N-dealkylation sites (N-methyl/N-ethyl adjacent to an activating group) is 2. The molecule has 0 bridgehead atoms. The number of sulfonamides is 1. The van der Waals surface area contributed by atoms with Crippen molar-refractivity contribution in [1.29, 1.82) is 0 Å². The van der Waals surface area contributed by atoms with Crippen molar-refractivity contribution in [3.8, 4) is 0 Å². The van der Waals surface area contributed by atoms with Crippen LogP contribution in [0.4, 0.5) is 5.69 Å². The van der Waals surface area contributed by atoms with E-state index < -0.39 is 56.9 Å². The smallest absolute Gasteiger partial charge is 0.264 e. The van der Waals surface area contributed by atoms with Gasteiger partial charge in [-0.1, -0.05) is 61.5 Å². The van der Waals surface area contributed by atoms with E-state index in [-0.39, 0.29) is 34.5 Å². The molecule has 0 radical (unpaired) electrons. The zero-order chi connectivity index (χ0) is 39.2. The summed E-state index contributed by atoms with van der Waals surface area (Å²) in [4.78, 5) is 59.1. The van der Waals surface area contributed by atoms with E-state index in [0.717, 1.165) is 0 Å². The Balaban J connectivity index is 2.52. The van der Waals surface area contributed by atoms with Crippen molar-refractivity contribution in [2.24, 2.45) is 29.1 Å². The van der Waals surface area contributed by atoms with Crippen LogP contribution < -0.4 is 21.1 Å². The van der Waals surface area contributed by atoms with Crippen LogP contribution in [0.5, 0.6) is 0 Å². The van der Waals surface area contributed by atoms with Crippen LogP contribution in [0.25, 0.3) is 0 Å². The van der Waals surface area contributed by atoms with E-state index in [2.05, 4.69) is 15.4 Å². The Morgan fingerprint density at radius 2 is 1.57 bits per heavy atom. The summed E-state index contributed by atoms with van der Waals surface area (Å²) in [5.74, 6) is -3.49. The molecule has 2 rings (SSSR count). The normalized spacial score (nSPS) is 19.3. The van der Waals surface area contributed by atoms with Crippen LogP contribution in [-0.4, -0.2) is 100 Å². The fourth-order valence-corrected chi connectivity index (χ4v) is 8.53. The highest BCUT2D eigenvalue weighted by molar-refractivity contribution is 7.90. The number of ether oxygens (including phenoxy) is 1. The van der Waals surface area contributed by atoms with E-state index in [0.29, 0.717) is 30.6 Å². The van der Waals surface area contributed by atoms with Gasteiger partial charge in [0, 0.05) is 37.9 Å². The van der Waals surface area contributed by atoms with Crippen LogP contribution in [-0.2, 0) is 33.9 Å². The lowest BCUT2D eigenvalue weighted by atomic mass is 9.61. The largest absolute Gasteiger partial charge is 0.399 e. The molecular formula is C37H62N6O7S. The first-order valence-electron chi connectivity index (χ1n) is 17.6. The Labute approximate surface area is 305 Å². The predicted octanol–water partition coefficient (Wildman–Crippen LogP) is 3.17. The number of methoxy groups -OCH3 is 1. The van der Waals surface area contributed by atoms with Crippen molar-refractivity contribution >= 4 is 39.3 Å². The number of benzene rings is 1. The monoisotopic (exact) mass is 734 g/mol. The average Bonchev–Trinajstić information content (AvgIpc) is 3.50. The number of rotatable bonds is 15. The highest BCUT2D eigenvalue weighted by atomic mass is 32.2. The van der Waals surface area contributed by atoms with Gasteiger partial charge in [0.2, 0.25) is 23.6 Å². The van der Waals surface area contributed by atoms with Crippen LogP contribution in [0.3, 0.4) is 0 Å². The molecule has 51 heavy (non-hydrogen) atoms. The number of likely N-dealkylation sites (tertiary alicyclic amines) is 1. The molecule has 0 aliphatic carbocycles.